The van der Waals surface area contributed by atoms with Gasteiger partial charge in [0.25, 0.3) is 0 Å². The molecule has 0 atom stereocenters. The fourth-order valence-electron chi connectivity index (χ4n) is 7.05. The molecule has 0 aliphatic rings. The van der Waals surface area contributed by atoms with Crippen molar-refractivity contribution in [2.24, 2.45) is 0 Å². The zero-order valence-electron chi connectivity index (χ0n) is 28.5. The van der Waals surface area contributed by atoms with Crippen LogP contribution in [-0.2, 0) is 0 Å². The van der Waals surface area contributed by atoms with Crippen LogP contribution >= 0.6 is 11.3 Å². The molecular weight excluding hydrogens is 665 g/mol. The molecule has 0 radical (unpaired) electrons. The van der Waals surface area contributed by atoms with Crippen LogP contribution in [0.3, 0.4) is 0 Å². The molecule has 0 N–H and O–H groups in total. The summed E-state index contributed by atoms with van der Waals surface area (Å²) in [6.07, 6.45) is 0. The van der Waals surface area contributed by atoms with Crippen LogP contribution in [-0.4, -0.2) is 19.9 Å². The van der Waals surface area contributed by atoms with Crippen molar-refractivity contribution < 1.29 is 0 Å². The monoisotopic (exact) mass is 694 g/mol. The van der Waals surface area contributed by atoms with Crippen molar-refractivity contribution in [2.75, 3.05) is 0 Å². The average Bonchev–Trinajstić information content (AvgIpc) is 3.64. The van der Waals surface area contributed by atoms with E-state index in [1.54, 1.807) is 0 Å². The molecule has 3 aromatic heterocycles. The number of rotatable bonds is 6. The minimum atomic E-state index is 0.643. The highest BCUT2D eigenvalue weighted by molar-refractivity contribution is 7.26. The average molecular weight is 695 g/mol. The zero-order valence-corrected chi connectivity index (χ0v) is 29.3. The van der Waals surface area contributed by atoms with E-state index in [1.165, 1.54) is 36.7 Å². The molecule has 7 aromatic carbocycles. The molecule has 53 heavy (non-hydrogen) atoms. The molecule has 10 aromatic rings. The predicted molar refractivity (Wildman–Crippen MR) is 221 cm³/mol. The lowest BCUT2D eigenvalue weighted by atomic mass is 9.98. The molecule has 0 aliphatic heterocycles. The summed E-state index contributed by atoms with van der Waals surface area (Å²) in [7, 11) is 0. The maximum Gasteiger partial charge on any atom is 0.164 e. The van der Waals surface area contributed by atoms with E-state index < -0.39 is 0 Å². The van der Waals surface area contributed by atoms with Gasteiger partial charge in [0.15, 0.2) is 17.5 Å². The Morgan fingerprint density at radius 2 is 0.755 bits per heavy atom. The number of aromatic nitrogens is 4. The van der Waals surface area contributed by atoms with Crippen molar-refractivity contribution >= 4 is 42.4 Å². The Hall–Kier alpha value is -6.82. The van der Waals surface area contributed by atoms with E-state index in [4.69, 9.17) is 19.9 Å². The first-order valence-electron chi connectivity index (χ1n) is 17.6. The summed E-state index contributed by atoms with van der Waals surface area (Å²) in [5, 5.41) is 3.64. The van der Waals surface area contributed by atoms with E-state index in [2.05, 4.69) is 121 Å². The quantitative estimate of drug-likeness (QED) is 0.174. The van der Waals surface area contributed by atoms with E-state index in [9.17, 15) is 0 Å². The van der Waals surface area contributed by atoms with E-state index in [-0.39, 0.29) is 0 Å². The Kier molecular flexibility index (Phi) is 7.63. The summed E-state index contributed by atoms with van der Waals surface area (Å²) in [5.41, 5.74) is 10.6. The molecule has 0 fully saturated rings. The van der Waals surface area contributed by atoms with Gasteiger partial charge in [0, 0.05) is 47.8 Å². The number of fused-ring (bicyclic) bond motifs is 5. The lowest BCUT2D eigenvalue weighted by Crippen LogP contribution is -2.00. The molecule has 4 nitrogen and oxygen atoms in total. The van der Waals surface area contributed by atoms with Crippen molar-refractivity contribution in [3.05, 3.63) is 182 Å². The molecule has 0 amide bonds. The molecule has 0 spiro atoms. The van der Waals surface area contributed by atoms with Gasteiger partial charge in [-0.05, 0) is 34.4 Å². The third-order valence-electron chi connectivity index (χ3n) is 9.75. The molecule has 0 unspecified atom stereocenters. The van der Waals surface area contributed by atoms with Crippen LogP contribution in [0.5, 0.6) is 0 Å². The van der Waals surface area contributed by atoms with Gasteiger partial charge in [0.2, 0.25) is 0 Å². The smallest absolute Gasteiger partial charge is 0.164 e. The molecular formula is C48H30N4S. The number of hydrogen-bond donors (Lipinski definition) is 0. The first-order chi connectivity index (χ1) is 26.2. The number of hydrogen-bond acceptors (Lipinski definition) is 5. The Labute approximate surface area is 310 Å². The van der Waals surface area contributed by atoms with E-state index in [0.29, 0.717) is 17.5 Å². The number of thiophene rings is 1. The van der Waals surface area contributed by atoms with Gasteiger partial charge in [-0.25, -0.2) is 19.9 Å². The summed E-state index contributed by atoms with van der Waals surface area (Å²) in [6.45, 7) is 0. The van der Waals surface area contributed by atoms with Gasteiger partial charge in [-0.15, -0.1) is 11.3 Å². The van der Waals surface area contributed by atoms with E-state index in [0.717, 1.165) is 44.6 Å². The van der Waals surface area contributed by atoms with Crippen LogP contribution in [0.25, 0.3) is 98.7 Å². The highest BCUT2D eigenvalue weighted by Crippen LogP contribution is 2.43. The molecule has 248 valence electrons. The van der Waals surface area contributed by atoms with Gasteiger partial charge in [-0.2, -0.15) is 0 Å². The Morgan fingerprint density at radius 1 is 0.321 bits per heavy atom. The third-order valence-corrected chi connectivity index (χ3v) is 11.0. The number of pyridine rings is 1. The van der Waals surface area contributed by atoms with Crippen LogP contribution in [0.4, 0.5) is 0 Å². The topological polar surface area (TPSA) is 51.6 Å². The van der Waals surface area contributed by atoms with Gasteiger partial charge in [0.05, 0.1) is 11.2 Å². The first-order valence-corrected chi connectivity index (χ1v) is 18.5. The Bertz CT molecular complexity index is 2850. The van der Waals surface area contributed by atoms with Gasteiger partial charge < -0.3 is 0 Å². The van der Waals surface area contributed by atoms with Crippen LogP contribution in [0, 0.1) is 0 Å². The van der Waals surface area contributed by atoms with Gasteiger partial charge in [-0.1, -0.05) is 170 Å². The fourth-order valence-corrected chi connectivity index (χ4v) is 8.29. The Balaban J connectivity index is 1.03. The second kappa shape index (κ2) is 13.1. The zero-order chi connectivity index (χ0) is 35.1. The fraction of sp³-hybridized carbons (Fsp3) is 0. The highest BCUT2D eigenvalue weighted by Gasteiger charge is 2.17. The summed E-state index contributed by atoms with van der Waals surface area (Å²) < 4.78 is 2.54. The van der Waals surface area contributed by atoms with E-state index in [1.807, 2.05) is 72.0 Å². The number of nitrogens with zero attached hydrogens (tertiary/aromatic N) is 4. The molecule has 10 rings (SSSR count). The van der Waals surface area contributed by atoms with Crippen molar-refractivity contribution in [2.45, 2.75) is 0 Å². The van der Waals surface area contributed by atoms with Crippen molar-refractivity contribution in [1.29, 1.82) is 0 Å². The van der Waals surface area contributed by atoms with Crippen LogP contribution in [0.2, 0.25) is 0 Å². The summed E-state index contributed by atoms with van der Waals surface area (Å²) in [6, 6.07) is 63.3. The van der Waals surface area contributed by atoms with Crippen LogP contribution < -0.4 is 0 Å². The molecule has 0 aliphatic carbocycles. The lowest BCUT2D eigenvalue weighted by Gasteiger charge is -2.11. The van der Waals surface area contributed by atoms with Crippen molar-refractivity contribution in [3.63, 3.8) is 0 Å². The van der Waals surface area contributed by atoms with Crippen molar-refractivity contribution in [1.82, 2.24) is 19.9 Å². The minimum Gasteiger partial charge on any atom is -0.247 e. The normalized spacial score (nSPS) is 11.4. The Morgan fingerprint density at radius 3 is 1.34 bits per heavy atom. The van der Waals surface area contributed by atoms with Gasteiger partial charge in [0.1, 0.15) is 0 Å². The molecule has 0 bridgehead atoms. The maximum atomic E-state index is 5.38. The second-order valence-electron chi connectivity index (χ2n) is 13.1. The molecule has 5 heteroatoms. The SMILES string of the molecule is c1ccc(-c2ccc3c(c2)nc(-c2ccc(-c4ccc(-c5nc(-c6ccccc6)nc(-c6ccccc6)n5)cc4)cc2)c2c4ccccc4sc32)cc1. The summed E-state index contributed by atoms with van der Waals surface area (Å²) >= 11 is 1.85. The maximum absolute atomic E-state index is 5.38. The first kappa shape index (κ1) is 31.0. The van der Waals surface area contributed by atoms with E-state index >= 15 is 0 Å². The number of benzene rings is 7. The van der Waals surface area contributed by atoms with Gasteiger partial charge >= 0.3 is 0 Å². The molecule has 0 saturated heterocycles. The molecule has 3 heterocycles. The predicted octanol–water partition coefficient (Wildman–Crippen LogP) is 12.8. The summed E-state index contributed by atoms with van der Waals surface area (Å²) in [4.78, 5) is 20.0. The van der Waals surface area contributed by atoms with Crippen LogP contribution in [0.1, 0.15) is 0 Å². The van der Waals surface area contributed by atoms with Gasteiger partial charge in [-0.3, -0.25) is 0 Å². The van der Waals surface area contributed by atoms with Crippen molar-refractivity contribution in [3.8, 4) is 67.7 Å². The largest absolute Gasteiger partial charge is 0.247 e. The lowest BCUT2D eigenvalue weighted by molar-refractivity contribution is 1.07. The minimum absolute atomic E-state index is 0.643. The van der Waals surface area contributed by atoms with Crippen LogP contribution in [0.15, 0.2) is 182 Å². The second-order valence-corrected chi connectivity index (χ2v) is 14.1. The standard InChI is InChI=1S/C48H30N4S/c1-4-12-31(13-5-1)38-28-29-39-41(30-38)49-44(43-40-18-10-11-19-42(40)53-45(39)43)34-24-20-32(21-25-34)33-22-26-37(27-23-33)48-51-46(35-14-6-2-7-15-35)50-47(52-48)36-16-8-3-9-17-36/h1-30H. The third kappa shape index (κ3) is 5.74. The highest BCUT2D eigenvalue weighted by atomic mass is 32.1. The summed E-state index contributed by atoms with van der Waals surface area (Å²) in [5.74, 6) is 1.95. The molecule has 0 saturated carbocycles.